The van der Waals surface area contributed by atoms with Crippen LogP contribution in [0.25, 0.3) is 10.9 Å². The van der Waals surface area contributed by atoms with Crippen molar-refractivity contribution in [2.24, 2.45) is 5.73 Å². The van der Waals surface area contributed by atoms with Crippen molar-refractivity contribution >= 4 is 34.9 Å². The Bertz CT molecular complexity index is 520. The number of aromatic nitrogens is 1. The Morgan fingerprint density at radius 3 is 2.53 bits per heavy atom. The van der Waals surface area contributed by atoms with Crippen LogP contribution in [0.1, 0.15) is 11.6 Å². The van der Waals surface area contributed by atoms with Gasteiger partial charge in [0.1, 0.15) is 5.15 Å². The Labute approximate surface area is 108 Å². The topological polar surface area (TPSA) is 38.9 Å². The summed E-state index contributed by atoms with van der Waals surface area (Å²) in [5.74, 6) is 0. The first-order valence-electron chi connectivity index (χ1n) is 4.68. The predicted octanol–water partition coefficient (Wildman–Crippen LogP) is 3.57. The minimum atomic E-state index is -2.65. The lowest BCUT2D eigenvalue weighted by Crippen LogP contribution is -2.19. The highest BCUT2D eigenvalue weighted by Crippen LogP contribution is 2.27. The van der Waals surface area contributed by atoms with Crippen molar-refractivity contribution in [1.29, 1.82) is 0 Å². The van der Waals surface area contributed by atoms with Crippen LogP contribution in [0.2, 0.25) is 5.15 Å². The zero-order chi connectivity index (χ0) is 11.7. The van der Waals surface area contributed by atoms with Crippen LogP contribution in [0.15, 0.2) is 30.3 Å². The molecule has 0 aliphatic rings. The summed E-state index contributed by atoms with van der Waals surface area (Å²) < 4.78 is 25.0. The molecule has 0 aliphatic carbocycles. The molecule has 0 radical (unpaired) electrons. The number of pyridine rings is 1. The molecular weight excluding hydrogens is 269 g/mol. The van der Waals surface area contributed by atoms with Gasteiger partial charge in [0, 0.05) is 10.9 Å². The lowest BCUT2D eigenvalue weighted by Gasteiger charge is -2.12. The maximum Gasteiger partial charge on any atom is 0.257 e. The number of hydrogen-bond acceptors (Lipinski definition) is 2. The Kier molecular flexibility index (Phi) is 4.62. The molecule has 0 spiro atoms. The van der Waals surface area contributed by atoms with Gasteiger partial charge in [-0.25, -0.2) is 13.8 Å². The zero-order valence-electron chi connectivity index (χ0n) is 8.61. The Morgan fingerprint density at radius 2 is 1.88 bits per heavy atom. The van der Waals surface area contributed by atoms with Gasteiger partial charge >= 0.3 is 0 Å². The molecule has 0 unspecified atom stereocenters. The molecule has 0 aliphatic heterocycles. The number of nitrogens with two attached hydrogens (primary N) is 1. The highest BCUT2D eigenvalue weighted by molar-refractivity contribution is 6.30. The van der Waals surface area contributed by atoms with Crippen molar-refractivity contribution in [3.8, 4) is 0 Å². The summed E-state index contributed by atoms with van der Waals surface area (Å²) in [6.07, 6.45) is -2.65. The fourth-order valence-electron chi connectivity index (χ4n) is 1.48. The van der Waals surface area contributed by atoms with Gasteiger partial charge in [-0.15, -0.1) is 12.4 Å². The van der Waals surface area contributed by atoms with Gasteiger partial charge in [0.2, 0.25) is 0 Å². The largest absolute Gasteiger partial charge is 0.319 e. The molecule has 0 fully saturated rings. The number of alkyl halides is 2. The van der Waals surface area contributed by atoms with E-state index in [2.05, 4.69) is 4.98 Å². The van der Waals surface area contributed by atoms with Crippen molar-refractivity contribution in [3.63, 3.8) is 0 Å². The molecule has 92 valence electrons. The van der Waals surface area contributed by atoms with Gasteiger partial charge in [0.25, 0.3) is 6.43 Å². The monoisotopic (exact) mass is 278 g/mol. The second kappa shape index (κ2) is 5.58. The van der Waals surface area contributed by atoms with E-state index in [0.717, 1.165) is 5.39 Å². The minimum absolute atomic E-state index is 0. The average Bonchev–Trinajstić information content (AvgIpc) is 2.27. The molecule has 1 aromatic carbocycles. The fraction of sp³-hybridized carbons (Fsp3) is 0.182. The molecule has 1 heterocycles. The maximum absolute atomic E-state index is 12.5. The quantitative estimate of drug-likeness (QED) is 0.853. The Morgan fingerprint density at radius 1 is 1.24 bits per heavy atom. The van der Waals surface area contributed by atoms with Crippen LogP contribution in [-0.2, 0) is 0 Å². The lowest BCUT2D eigenvalue weighted by atomic mass is 10.1. The van der Waals surface area contributed by atoms with Crippen molar-refractivity contribution < 1.29 is 8.78 Å². The molecule has 1 atom stereocenters. The fourth-order valence-corrected chi connectivity index (χ4v) is 1.75. The number of rotatable bonds is 2. The number of nitrogens with zero attached hydrogens (tertiary/aromatic N) is 1. The van der Waals surface area contributed by atoms with Crippen molar-refractivity contribution in [2.45, 2.75) is 12.5 Å². The second-order valence-corrected chi connectivity index (χ2v) is 3.78. The molecule has 0 bridgehead atoms. The maximum atomic E-state index is 12.5. The lowest BCUT2D eigenvalue weighted by molar-refractivity contribution is 0.116. The third-order valence-electron chi connectivity index (χ3n) is 2.34. The molecule has 2 N–H and O–H groups in total. The summed E-state index contributed by atoms with van der Waals surface area (Å²) in [7, 11) is 0. The standard InChI is InChI=1S/C11H9ClF2N2.ClH/c12-10-7(9(15)11(13)14)5-6-3-1-2-4-8(6)16-10;/h1-5,9,11H,15H2;1H/t9-;/m1./s1. The van der Waals surface area contributed by atoms with E-state index in [0.29, 0.717) is 5.52 Å². The molecule has 2 nitrogen and oxygen atoms in total. The van der Waals surface area contributed by atoms with Crippen LogP contribution < -0.4 is 5.73 Å². The second-order valence-electron chi connectivity index (χ2n) is 3.42. The van der Waals surface area contributed by atoms with Gasteiger partial charge in [-0.2, -0.15) is 0 Å². The molecule has 1 aromatic heterocycles. The van der Waals surface area contributed by atoms with Gasteiger partial charge in [0.15, 0.2) is 0 Å². The molecule has 2 rings (SSSR count). The highest BCUT2D eigenvalue weighted by atomic mass is 35.5. The third kappa shape index (κ3) is 2.83. The number of hydrogen-bond donors (Lipinski definition) is 1. The van der Waals surface area contributed by atoms with Crippen LogP contribution >= 0.6 is 24.0 Å². The molecule has 0 saturated carbocycles. The number of fused-ring (bicyclic) bond motifs is 1. The van der Waals surface area contributed by atoms with E-state index in [1.54, 1.807) is 30.3 Å². The number of para-hydroxylation sites is 1. The summed E-state index contributed by atoms with van der Waals surface area (Å²) in [6.45, 7) is 0. The van der Waals surface area contributed by atoms with Crippen LogP contribution in [0.4, 0.5) is 8.78 Å². The summed E-state index contributed by atoms with van der Waals surface area (Å²) in [5, 5.41) is 0.782. The minimum Gasteiger partial charge on any atom is -0.319 e. The Balaban J connectivity index is 0.00000144. The van der Waals surface area contributed by atoms with Crippen LogP contribution in [0.5, 0.6) is 0 Å². The van der Waals surface area contributed by atoms with Gasteiger partial charge in [-0.05, 0) is 12.1 Å². The van der Waals surface area contributed by atoms with Crippen molar-refractivity contribution in [1.82, 2.24) is 4.98 Å². The number of benzene rings is 1. The first-order valence-corrected chi connectivity index (χ1v) is 5.06. The third-order valence-corrected chi connectivity index (χ3v) is 2.64. The summed E-state index contributed by atoms with van der Waals surface area (Å²) in [6, 6.07) is 7.30. The van der Waals surface area contributed by atoms with Gasteiger partial charge < -0.3 is 5.73 Å². The smallest absolute Gasteiger partial charge is 0.257 e. The van der Waals surface area contributed by atoms with E-state index < -0.39 is 12.5 Å². The van der Waals surface area contributed by atoms with Crippen molar-refractivity contribution in [2.75, 3.05) is 0 Å². The summed E-state index contributed by atoms with van der Waals surface area (Å²) in [5.41, 5.74) is 6.20. The first-order chi connectivity index (χ1) is 7.59. The van der Waals surface area contributed by atoms with E-state index in [-0.39, 0.29) is 23.1 Å². The van der Waals surface area contributed by atoms with Crippen molar-refractivity contribution in [3.05, 3.63) is 41.0 Å². The van der Waals surface area contributed by atoms with Gasteiger partial charge in [-0.1, -0.05) is 29.8 Å². The van der Waals surface area contributed by atoms with Crippen LogP contribution in [-0.4, -0.2) is 11.4 Å². The van der Waals surface area contributed by atoms with Gasteiger partial charge in [0.05, 0.1) is 11.6 Å². The molecule has 6 heteroatoms. The van der Waals surface area contributed by atoms with E-state index in [1.807, 2.05) is 0 Å². The van der Waals surface area contributed by atoms with Crippen LogP contribution in [0, 0.1) is 0 Å². The van der Waals surface area contributed by atoms with E-state index in [4.69, 9.17) is 17.3 Å². The molecular formula is C11H10Cl2F2N2. The zero-order valence-corrected chi connectivity index (χ0v) is 10.2. The summed E-state index contributed by atoms with van der Waals surface area (Å²) in [4.78, 5) is 4.03. The first kappa shape index (κ1) is 14.1. The van der Waals surface area contributed by atoms with E-state index in [9.17, 15) is 8.78 Å². The Hall–Kier alpha value is -0.970. The normalized spacial score (nSPS) is 12.5. The highest BCUT2D eigenvalue weighted by Gasteiger charge is 2.21. The average molecular weight is 279 g/mol. The van der Waals surface area contributed by atoms with E-state index >= 15 is 0 Å². The van der Waals surface area contributed by atoms with Crippen LogP contribution in [0.3, 0.4) is 0 Å². The predicted molar refractivity (Wildman–Crippen MR) is 66.9 cm³/mol. The molecule has 17 heavy (non-hydrogen) atoms. The van der Waals surface area contributed by atoms with Gasteiger partial charge in [-0.3, -0.25) is 0 Å². The molecule has 2 aromatic rings. The molecule has 0 saturated heterocycles. The summed E-state index contributed by atoms with van der Waals surface area (Å²) >= 11 is 5.82. The number of halogens is 4. The SMILES string of the molecule is Cl.N[C@H](c1cc2ccccc2nc1Cl)C(F)F. The van der Waals surface area contributed by atoms with E-state index in [1.165, 1.54) is 0 Å². The molecule has 0 amide bonds.